The van der Waals surface area contributed by atoms with Crippen LogP contribution in [-0.4, -0.2) is 80.5 Å². The van der Waals surface area contributed by atoms with Gasteiger partial charge in [-0.2, -0.15) is 0 Å². The second-order valence-corrected chi connectivity index (χ2v) is 4.15. The fraction of sp³-hybridized carbons (Fsp3) is 0.727. The van der Waals surface area contributed by atoms with Gasteiger partial charge in [-0.15, -0.1) is 0 Å². The van der Waals surface area contributed by atoms with Crippen LogP contribution in [0, 0.1) is 0 Å². The number of methoxy groups -OCH3 is 1. The van der Waals surface area contributed by atoms with Gasteiger partial charge in [-0.1, -0.05) is 0 Å². The summed E-state index contributed by atoms with van der Waals surface area (Å²) in [7, 11) is 2.71. The molecule has 3 amide bonds. The van der Waals surface area contributed by atoms with E-state index in [1.54, 1.807) is 0 Å². The average Bonchev–Trinajstić information content (AvgIpc) is 2.46. The Bertz CT molecular complexity index is 375. The minimum Gasteiger partial charge on any atom is -0.479 e. The third-order valence-corrected chi connectivity index (χ3v) is 2.94. The number of rotatable bonds is 5. The van der Waals surface area contributed by atoms with Gasteiger partial charge in [0.1, 0.15) is 6.04 Å². The van der Waals surface area contributed by atoms with Crippen LogP contribution in [0.25, 0.3) is 0 Å². The molecular weight excluding hydrogens is 270 g/mol. The first-order valence-electron chi connectivity index (χ1n) is 6.10. The maximum atomic E-state index is 12.0. The van der Waals surface area contributed by atoms with Gasteiger partial charge in [0.25, 0.3) is 0 Å². The molecule has 9 nitrogen and oxygen atoms in total. The van der Waals surface area contributed by atoms with Gasteiger partial charge in [0, 0.05) is 20.7 Å². The quantitative estimate of drug-likeness (QED) is 0.552. The highest BCUT2D eigenvalue weighted by Crippen LogP contribution is 2.07. The van der Waals surface area contributed by atoms with Crippen LogP contribution in [0.4, 0.5) is 4.79 Å². The van der Waals surface area contributed by atoms with Crippen molar-refractivity contribution in [2.45, 2.75) is 12.1 Å². The highest BCUT2D eigenvalue weighted by Gasteiger charge is 2.32. The molecule has 0 aromatic rings. The zero-order valence-corrected chi connectivity index (χ0v) is 11.4. The number of morpholine rings is 1. The Morgan fingerprint density at radius 2 is 2.20 bits per heavy atom. The lowest BCUT2D eigenvalue weighted by atomic mass is 10.2. The maximum absolute atomic E-state index is 12.0. The van der Waals surface area contributed by atoms with E-state index >= 15 is 0 Å². The molecule has 1 aliphatic heterocycles. The molecule has 0 aromatic heterocycles. The summed E-state index contributed by atoms with van der Waals surface area (Å²) in [5, 5.41) is 13.7. The molecule has 1 rings (SSSR count). The van der Waals surface area contributed by atoms with Crippen molar-refractivity contribution in [2.24, 2.45) is 0 Å². The standard InChI is InChI=1S/C11H19N3O6/c1-12-9(15)7-6-20-4-3-14(7)11(18)13-5-8(19-2)10(16)17/h7-8H,3-6H2,1-2H3,(H,12,15)(H,13,18)(H,16,17). The summed E-state index contributed by atoms with van der Waals surface area (Å²) >= 11 is 0. The first-order valence-corrected chi connectivity index (χ1v) is 6.10. The van der Waals surface area contributed by atoms with E-state index in [-0.39, 0.29) is 25.6 Å². The number of carboxylic acids is 1. The fourth-order valence-electron chi connectivity index (χ4n) is 1.78. The highest BCUT2D eigenvalue weighted by atomic mass is 16.5. The van der Waals surface area contributed by atoms with Crippen LogP contribution >= 0.6 is 0 Å². The van der Waals surface area contributed by atoms with Crippen LogP contribution in [0.1, 0.15) is 0 Å². The Kier molecular flexibility index (Phi) is 6.19. The Labute approximate surface area is 116 Å². The minimum atomic E-state index is -1.17. The molecule has 0 aliphatic carbocycles. The number of carbonyl (C=O) groups is 3. The lowest BCUT2D eigenvalue weighted by Gasteiger charge is -2.34. The van der Waals surface area contributed by atoms with Crippen molar-refractivity contribution >= 4 is 17.9 Å². The van der Waals surface area contributed by atoms with Crippen molar-refractivity contribution in [1.29, 1.82) is 0 Å². The molecule has 9 heteroatoms. The Hall–Kier alpha value is -1.87. The molecule has 0 bridgehead atoms. The van der Waals surface area contributed by atoms with E-state index in [1.165, 1.54) is 19.1 Å². The van der Waals surface area contributed by atoms with Crippen LogP contribution < -0.4 is 10.6 Å². The second-order valence-electron chi connectivity index (χ2n) is 4.15. The van der Waals surface area contributed by atoms with Gasteiger partial charge in [-0.3, -0.25) is 4.79 Å². The smallest absolute Gasteiger partial charge is 0.334 e. The molecule has 2 atom stereocenters. The van der Waals surface area contributed by atoms with Gasteiger partial charge >= 0.3 is 12.0 Å². The van der Waals surface area contributed by atoms with Crippen LogP contribution in [0.2, 0.25) is 0 Å². The zero-order valence-electron chi connectivity index (χ0n) is 11.4. The van der Waals surface area contributed by atoms with E-state index < -0.39 is 24.1 Å². The van der Waals surface area contributed by atoms with Gasteiger partial charge in [0.2, 0.25) is 5.91 Å². The van der Waals surface area contributed by atoms with Gasteiger partial charge in [0.15, 0.2) is 6.10 Å². The van der Waals surface area contributed by atoms with Crippen LogP contribution in [0.5, 0.6) is 0 Å². The third-order valence-electron chi connectivity index (χ3n) is 2.94. The predicted molar refractivity (Wildman–Crippen MR) is 67.2 cm³/mol. The average molecular weight is 289 g/mol. The lowest BCUT2D eigenvalue weighted by Crippen LogP contribution is -2.58. The zero-order chi connectivity index (χ0) is 15.1. The van der Waals surface area contributed by atoms with Crippen LogP contribution in [-0.2, 0) is 19.1 Å². The molecule has 0 aromatic carbocycles. The van der Waals surface area contributed by atoms with Crippen molar-refractivity contribution in [2.75, 3.05) is 40.5 Å². The van der Waals surface area contributed by atoms with Gasteiger partial charge in [-0.05, 0) is 0 Å². The van der Waals surface area contributed by atoms with Crippen molar-refractivity contribution in [3.05, 3.63) is 0 Å². The summed E-state index contributed by atoms with van der Waals surface area (Å²) in [6, 6.07) is -1.25. The third kappa shape index (κ3) is 4.07. The molecular formula is C11H19N3O6. The molecule has 1 saturated heterocycles. The summed E-state index contributed by atoms with van der Waals surface area (Å²) in [4.78, 5) is 35.7. The monoisotopic (exact) mass is 289 g/mol. The number of hydrogen-bond donors (Lipinski definition) is 3. The van der Waals surface area contributed by atoms with Crippen molar-refractivity contribution in [3.8, 4) is 0 Å². The summed E-state index contributed by atoms with van der Waals surface area (Å²) in [6.45, 7) is 0.518. The number of amides is 3. The summed E-state index contributed by atoms with van der Waals surface area (Å²) < 4.78 is 9.88. The molecule has 1 fully saturated rings. The van der Waals surface area contributed by atoms with E-state index in [0.717, 1.165) is 0 Å². The number of nitrogens with zero attached hydrogens (tertiary/aromatic N) is 1. The molecule has 0 spiro atoms. The molecule has 1 heterocycles. The lowest BCUT2D eigenvalue weighted by molar-refractivity contribution is -0.148. The van der Waals surface area contributed by atoms with E-state index in [9.17, 15) is 14.4 Å². The number of nitrogens with one attached hydrogen (secondary N) is 2. The van der Waals surface area contributed by atoms with Gasteiger partial charge in [0.05, 0.1) is 19.8 Å². The number of ether oxygens (including phenoxy) is 2. The predicted octanol–water partition coefficient (Wildman–Crippen LogP) is -1.76. The SMILES string of the molecule is CNC(=O)C1COCCN1C(=O)NCC(OC)C(=O)O. The Balaban J connectivity index is 2.59. The largest absolute Gasteiger partial charge is 0.479 e. The molecule has 0 radical (unpaired) electrons. The second kappa shape index (κ2) is 7.65. The van der Waals surface area contributed by atoms with Crippen LogP contribution in [0.15, 0.2) is 0 Å². The number of hydrogen-bond acceptors (Lipinski definition) is 5. The summed E-state index contributed by atoms with van der Waals surface area (Å²) in [5.41, 5.74) is 0. The first kappa shape index (κ1) is 16.2. The number of carbonyl (C=O) groups excluding carboxylic acids is 2. The minimum absolute atomic E-state index is 0.111. The summed E-state index contributed by atoms with van der Waals surface area (Å²) in [6.07, 6.45) is -1.13. The topological polar surface area (TPSA) is 117 Å². The molecule has 114 valence electrons. The van der Waals surface area contributed by atoms with E-state index in [2.05, 4.69) is 10.6 Å². The highest BCUT2D eigenvalue weighted by molar-refractivity contribution is 5.87. The number of likely N-dealkylation sites (N-methyl/N-ethyl adjacent to an activating group) is 1. The molecule has 2 unspecified atom stereocenters. The Morgan fingerprint density at radius 1 is 1.50 bits per heavy atom. The van der Waals surface area contributed by atoms with Gasteiger partial charge < -0.3 is 30.1 Å². The normalized spacial score (nSPS) is 20.1. The Morgan fingerprint density at radius 3 is 2.75 bits per heavy atom. The number of aliphatic carboxylic acids is 1. The van der Waals surface area contributed by atoms with E-state index in [1.807, 2.05) is 0 Å². The number of urea groups is 1. The van der Waals surface area contributed by atoms with Crippen molar-refractivity contribution in [1.82, 2.24) is 15.5 Å². The van der Waals surface area contributed by atoms with Gasteiger partial charge in [-0.25, -0.2) is 9.59 Å². The summed E-state index contributed by atoms with van der Waals surface area (Å²) in [5.74, 6) is -1.50. The van der Waals surface area contributed by atoms with Crippen LogP contribution in [0.3, 0.4) is 0 Å². The van der Waals surface area contributed by atoms with Crippen molar-refractivity contribution < 1.29 is 29.0 Å². The molecule has 1 aliphatic rings. The first-order chi connectivity index (χ1) is 9.51. The van der Waals surface area contributed by atoms with E-state index in [0.29, 0.717) is 6.61 Å². The molecule has 3 N–H and O–H groups in total. The molecule has 20 heavy (non-hydrogen) atoms. The number of carboxylic acid groups (broad SMARTS) is 1. The van der Waals surface area contributed by atoms with Crippen molar-refractivity contribution in [3.63, 3.8) is 0 Å². The molecule has 0 saturated carbocycles. The van der Waals surface area contributed by atoms with E-state index in [4.69, 9.17) is 14.6 Å². The maximum Gasteiger partial charge on any atom is 0.334 e. The fourth-order valence-corrected chi connectivity index (χ4v) is 1.78.